The molecule has 0 fully saturated rings. The lowest BCUT2D eigenvalue weighted by molar-refractivity contribution is 0.0765. The molecule has 32 heavy (non-hydrogen) atoms. The highest BCUT2D eigenvalue weighted by atomic mass is 19.1. The molecule has 0 atom stereocenters. The number of pyridine rings is 1. The molecule has 0 aliphatic rings. The van der Waals surface area contributed by atoms with Crippen LogP contribution in [-0.2, 0) is 6.42 Å². The summed E-state index contributed by atoms with van der Waals surface area (Å²) < 4.78 is 32.2. The molecule has 0 unspecified atom stereocenters. The molecule has 0 radical (unpaired) electrons. The first-order valence-electron chi connectivity index (χ1n) is 9.86. The van der Waals surface area contributed by atoms with Crippen LogP contribution in [0.2, 0.25) is 0 Å². The van der Waals surface area contributed by atoms with Gasteiger partial charge in [0, 0.05) is 37.5 Å². The van der Waals surface area contributed by atoms with Crippen LogP contribution in [0.5, 0.6) is 0 Å². The van der Waals surface area contributed by atoms with E-state index in [0.717, 1.165) is 6.20 Å². The molecule has 1 aromatic carbocycles. The number of rotatable bonds is 7. The molecule has 10 heteroatoms. The number of nitrogens with zero attached hydrogens (tertiary/aromatic N) is 6. The van der Waals surface area contributed by atoms with Crippen LogP contribution in [-0.4, -0.2) is 49.0 Å². The van der Waals surface area contributed by atoms with E-state index in [4.69, 9.17) is 4.52 Å². The van der Waals surface area contributed by atoms with Gasteiger partial charge in [-0.25, -0.2) is 23.7 Å². The van der Waals surface area contributed by atoms with Crippen LogP contribution in [0.3, 0.4) is 0 Å². The molecule has 0 saturated carbocycles. The van der Waals surface area contributed by atoms with Crippen LogP contribution in [0, 0.1) is 11.6 Å². The molecule has 3 aromatic heterocycles. The van der Waals surface area contributed by atoms with Crippen molar-refractivity contribution in [2.24, 2.45) is 0 Å². The van der Waals surface area contributed by atoms with Gasteiger partial charge in [-0.05, 0) is 43.3 Å². The van der Waals surface area contributed by atoms with E-state index in [0.29, 0.717) is 35.9 Å². The molecule has 0 aliphatic heterocycles. The number of carbonyl (C=O) groups is 1. The van der Waals surface area contributed by atoms with Crippen LogP contribution in [0.4, 0.5) is 8.78 Å². The zero-order chi connectivity index (χ0) is 22.5. The topological polar surface area (TPSA) is 97.9 Å². The smallest absolute Gasteiger partial charge is 0.276 e. The van der Waals surface area contributed by atoms with Crippen molar-refractivity contribution >= 4 is 5.91 Å². The monoisotopic (exact) mass is 436 g/mol. The van der Waals surface area contributed by atoms with Gasteiger partial charge in [-0.2, -0.15) is 4.98 Å². The molecule has 0 N–H and O–H groups in total. The van der Waals surface area contributed by atoms with Gasteiger partial charge in [-0.1, -0.05) is 5.16 Å². The Kier molecular flexibility index (Phi) is 6.20. The van der Waals surface area contributed by atoms with E-state index in [2.05, 4.69) is 25.1 Å². The average molecular weight is 436 g/mol. The Labute approximate surface area is 182 Å². The molecule has 0 spiro atoms. The number of hydrogen-bond acceptors (Lipinski definition) is 7. The number of amides is 1. The molecule has 162 valence electrons. The maximum absolute atomic E-state index is 14.0. The first-order valence-corrected chi connectivity index (χ1v) is 9.86. The number of aromatic nitrogens is 5. The predicted molar refractivity (Wildman–Crippen MR) is 110 cm³/mol. The summed E-state index contributed by atoms with van der Waals surface area (Å²) in [6.45, 7) is 2.48. The molecule has 0 bridgehead atoms. The molecule has 1 amide bonds. The van der Waals surface area contributed by atoms with E-state index < -0.39 is 11.6 Å². The fourth-order valence-corrected chi connectivity index (χ4v) is 3.10. The summed E-state index contributed by atoms with van der Waals surface area (Å²) >= 11 is 0. The minimum atomic E-state index is -0.529. The number of likely N-dealkylation sites (N-methyl/N-ethyl adjacent to an activating group) is 1. The van der Waals surface area contributed by atoms with Gasteiger partial charge in [-0.3, -0.25) is 4.79 Å². The summed E-state index contributed by atoms with van der Waals surface area (Å²) in [5.41, 5.74) is 0.961. The Morgan fingerprint density at radius 1 is 1.06 bits per heavy atom. The Morgan fingerprint density at radius 3 is 2.56 bits per heavy atom. The fourth-order valence-electron chi connectivity index (χ4n) is 3.10. The van der Waals surface area contributed by atoms with Crippen molar-refractivity contribution in [3.8, 4) is 23.0 Å². The molecule has 3 heterocycles. The largest absolute Gasteiger partial charge is 0.338 e. The Hall–Kier alpha value is -4.08. The SMILES string of the molecule is CCN(CCc1noc(-c2ccc(F)cn2)n1)C(=O)c1cc(F)ccc1-c1ncccn1. The van der Waals surface area contributed by atoms with Gasteiger partial charge in [-0.15, -0.1) is 0 Å². The van der Waals surface area contributed by atoms with Crippen LogP contribution in [0.25, 0.3) is 23.0 Å². The van der Waals surface area contributed by atoms with E-state index in [-0.39, 0.29) is 23.9 Å². The van der Waals surface area contributed by atoms with Crippen LogP contribution < -0.4 is 0 Å². The van der Waals surface area contributed by atoms with Crippen LogP contribution >= 0.6 is 0 Å². The summed E-state index contributed by atoms with van der Waals surface area (Å²) in [6.07, 6.45) is 4.48. The fraction of sp³-hybridized carbons (Fsp3) is 0.182. The third-order valence-corrected chi connectivity index (χ3v) is 4.71. The van der Waals surface area contributed by atoms with Crippen molar-refractivity contribution in [2.45, 2.75) is 13.3 Å². The van der Waals surface area contributed by atoms with Crippen molar-refractivity contribution in [3.05, 3.63) is 78.0 Å². The second-order valence-electron chi connectivity index (χ2n) is 6.77. The zero-order valence-corrected chi connectivity index (χ0v) is 17.1. The standard InChI is InChI=1S/C22H18F2N6O2/c1-2-30(11-8-19-28-21(32-29-19)18-7-5-15(24)13-27-18)22(31)17-12-14(23)4-6-16(17)20-25-9-3-10-26-20/h3-7,9-10,12-13H,2,8,11H2,1H3. The maximum Gasteiger partial charge on any atom is 0.276 e. The van der Waals surface area contributed by atoms with Gasteiger partial charge < -0.3 is 9.42 Å². The average Bonchev–Trinajstić information content (AvgIpc) is 3.29. The molecule has 4 rings (SSSR count). The van der Waals surface area contributed by atoms with E-state index in [1.54, 1.807) is 23.4 Å². The van der Waals surface area contributed by atoms with Gasteiger partial charge in [0.1, 0.15) is 17.3 Å². The van der Waals surface area contributed by atoms with Crippen LogP contribution in [0.15, 0.2) is 59.5 Å². The van der Waals surface area contributed by atoms with Gasteiger partial charge in [0.15, 0.2) is 11.6 Å². The number of halogens is 2. The minimum Gasteiger partial charge on any atom is -0.338 e. The van der Waals surface area contributed by atoms with Gasteiger partial charge in [0.25, 0.3) is 11.8 Å². The lowest BCUT2D eigenvalue weighted by Gasteiger charge is -2.21. The quantitative estimate of drug-likeness (QED) is 0.437. The lowest BCUT2D eigenvalue weighted by atomic mass is 10.0. The first kappa shape index (κ1) is 21.2. The highest BCUT2D eigenvalue weighted by molar-refractivity contribution is 6.00. The summed E-state index contributed by atoms with van der Waals surface area (Å²) in [7, 11) is 0. The molecule has 0 aliphatic carbocycles. The van der Waals surface area contributed by atoms with E-state index in [9.17, 15) is 13.6 Å². The van der Waals surface area contributed by atoms with Gasteiger partial charge in [0.2, 0.25) is 0 Å². The highest BCUT2D eigenvalue weighted by Gasteiger charge is 2.21. The third kappa shape index (κ3) is 4.64. The number of carbonyl (C=O) groups excluding carboxylic acids is 1. The molecule has 0 saturated heterocycles. The number of benzene rings is 1. The normalized spacial score (nSPS) is 10.8. The summed E-state index contributed by atoms with van der Waals surface area (Å²) in [4.78, 5) is 31.2. The van der Waals surface area contributed by atoms with Crippen molar-refractivity contribution in [3.63, 3.8) is 0 Å². The van der Waals surface area contributed by atoms with Gasteiger partial charge in [0.05, 0.1) is 11.8 Å². The Bertz CT molecular complexity index is 1210. The highest BCUT2D eigenvalue weighted by Crippen LogP contribution is 2.23. The molecule has 4 aromatic rings. The van der Waals surface area contributed by atoms with Crippen LogP contribution in [0.1, 0.15) is 23.1 Å². The summed E-state index contributed by atoms with van der Waals surface area (Å²) in [6, 6.07) is 8.29. The molecule has 8 nitrogen and oxygen atoms in total. The lowest BCUT2D eigenvalue weighted by Crippen LogP contribution is -2.33. The second kappa shape index (κ2) is 9.38. The van der Waals surface area contributed by atoms with E-state index in [1.165, 1.54) is 30.3 Å². The Morgan fingerprint density at radius 2 is 1.84 bits per heavy atom. The maximum atomic E-state index is 14.0. The van der Waals surface area contributed by atoms with Crippen molar-refractivity contribution in [1.82, 2.24) is 30.0 Å². The second-order valence-corrected chi connectivity index (χ2v) is 6.77. The van der Waals surface area contributed by atoms with E-state index in [1.807, 2.05) is 6.92 Å². The summed E-state index contributed by atoms with van der Waals surface area (Å²) in [5.74, 6) is -0.506. The first-order chi connectivity index (χ1) is 15.5. The molecular formula is C22H18F2N6O2. The van der Waals surface area contributed by atoms with E-state index >= 15 is 0 Å². The molecular weight excluding hydrogens is 418 g/mol. The third-order valence-electron chi connectivity index (χ3n) is 4.71. The van der Waals surface area contributed by atoms with Crippen molar-refractivity contribution in [1.29, 1.82) is 0 Å². The number of hydrogen-bond donors (Lipinski definition) is 0. The van der Waals surface area contributed by atoms with Crippen molar-refractivity contribution < 1.29 is 18.1 Å². The van der Waals surface area contributed by atoms with Crippen molar-refractivity contribution in [2.75, 3.05) is 13.1 Å². The predicted octanol–water partition coefficient (Wildman–Crippen LogP) is 3.57. The zero-order valence-electron chi connectivity index (χ0n) is 17.1. The van der Waals surface area contributed by atoms with Gasteiger partial charge >= 0.3 is 0 Å². The minimum absolute atomic E-state index is 0.156. The summed E-state index contributed by atoms with van der Waals surface area (Å²) in [5, 5.41) is 3.89. The Balaban J connectivity index is 1.51.